The molecule has 128 valence electrons. The predicted molar refractivity (Wildman–Crippen MR) is 82.3 cm³/mol. The third kappa shape index (κ3) is 3.06. The van der Waals surface area contributed by atoms with Crippen LogP contribution in [0, 0.1) is 0 Å². The van der Waals surface area contributed by atoms with Gasteiger partial charge in [0.1, 0.15) is 5.82 Å². The first-order chi connectivity index (χ1) is 11.3. The van der Waals surface area contributed by atoms with Crippen LogP contribution in [0.2, 0.25) is 0 Å². The van der Waals surface area contributed by atoms with Gasteiger partial charge in [-0.15, -0.1) is 0 Å². The number of alkyl halides is 3. The average molecular weight is 338 g/mol. The highest BCUT2D eigenvalue weighted by atomic mass is 19.4. The lowest BCUT2D eigenvalue weighted by Crippen LogP contribution is -2.45. The van der Waals surface area contributed by atoms with E-state index in [-0.39, 0.29) is 18.2 Å². The molecular weight excluding hydrogens is 321 g/mol. The fraction of sp³-hybridized carbons (Fsp3) is 0.438. The van der Waals surface area contributed by atoms with Gasteiger partial charge < -0.3 is 10.0 Å². The van der Waals surface area contributed by atoms with Crippen LogP contribution in [-0.2, 0) is 6.18 Å². The Morgan fingerprint density at radius 1 is 1.25 bits per heavy atom. The summed E-state index contributed by atoms with van der Waals surface area (Å²) >= 11 is 0. The van der Waals surface area contributed by atoms with Crippen LogP contribution in [0.15, 0.2) is 30.6 Å². The molecule has 24 heavy (non-hydrogen) atoms. The predicted octanol–water partition coefficient (Wildman–Crippen LogP) is 2.91. The summed E-state index contributed by atoms with van der Waals surface area (Å²) in [6, 6.07) is 4.08. The van der Waals surface area contributed by atoms with E-state index in [9.17, 15) is 18.3 Å². The van der Waals surface area contributed by atoms with Crippen molar-refractivity contribution >= 4 is 5.82 Å². The summed E-state index contributed by atoms with van der Waals surface area (Å²) in [5.41, 5.74) is -1.15. The zero-order valence-corrected chi connectivity index (χ0v) is 13.1. The fourth-order valence-corrected chi connectivity index (χ4v) is 2.93. The van der Waals surface area contributed by atoms with Gasteiger partial charge in [0.15, 0.2) is 11.5 Å². The van der Waals surface area contributed by atoms with Crippen molar-refractivity contribution in [3.05, 3.63) is 36.3 Å². The molecule has 0 unspecified atom stereocenters. The Hall–Kier alpha value is -2.22. The summed E-state index contributed by atoms with van der Waals surface area (Å²) in [4.78, 5) is 13.6. The quantitative estimate of drug-likeness (QED) is 0.932. The molecule has 0 amide bonds. The molecule has 2 aromatic rings. The van der Waals surface area contributed by atoms with E-state index < -0.39 is 17.4 Å². The minimum Gasteiger partial charge on any atom is -0.394 e. The molecule has 1 aliphatic heterocycles. The number of aliphatic hydroxyl groups excluding tert-OH is 1. The fourth-order valence-electron chi connectivity index (χ4n) is 2.93. The lowest BCUT2D eigenvalue weighted by atomic mass is 10.0. The maximum absolute atomic E-state index is 13.3. The zero-order valence-electron chi connectivity index (χ0n) is 13.1. The molecule has 3 rings (SSSR count). The number of anilines is 1. The topological polar surface area (TPSA) is 62.1 Å². The Labute approximate surface area is 137 Å². The molecule has 1 saturated heterocycles. The zero-order chi connectivity index (χ0) is 17.4. The monoisotopic (exact) mass is 338 g/mol. The second kappa shape index (κ2) is 6.01. The van der Waals surface area contributed by atoms with Gasteiger partial charge in [-0.3, -0.25) is 4.98 Å². The molecule has 8 heteroatoms. The summed E-state index contributed by atoms with van der Waals surface area (Å²) < 4.78 is 39.8. The van der Waals surface area contributed by atoms with Crippen LogP contribution in [0.1, 0.15) is 25.5 Å². The normalized spacial score (nSPS) is 21.3. The van der Waals surface area contributed by atoms with Gasteiger partial charge in [-0.25, -0.2) is 9.97 Å². The molecule has 3 heterocycles. The lowest BCUT2D eigenvalue weighted by Gasteiger charge is -2.34. The molecule has 1 fully saturated rings. The van der Waals surface area contributed by atoms with Crippen LogP contribution in [0.5, 0.6) is 0 Å². The Morgan fingerprint density at radius 3 is 2.58 bits per heavy atom. The van der Waals surface area contributed by atoms with Crippen LogP contribution in [0.25, 0.3) is 11.4 Å². The molecule has 1 N–H and O–H groups in total. The maximum Gasteiger partial charge on any atom is 0.433 e. The van der Waals surface area contributed by atoms with Crippen LogP contribution >= 0.6 is 0 Å². The summed E-state index contributed by atoms with van der Waals surface area (Å²) in [6.07, 6.45) is -0.139. The minimum absolute atomic E-state index is 0.00517. The third-order valence-corrected chi connectivity index (χ3v) is 4.31. The number of pyridine rings is 1. The van der Waals surface area contributed by atoms with Gasteiger partial charge in [0.25, 0.3) is 0 Å². The molecule has 2 aromatic heterocycles. The molecule has 0 bridgehead atoms. The van der Waals surface area contributed by atoms with Gasteiger partial charge in [-0.2, -0.15) is 13.2 Å². The highest BCUT2D eigenvalue weighted by Gasteiger charge is 2.39. The van der Waals surface area contributed by atoms with Crippen LogP contribution < -0.4 is 4.90 Å². The molecule has 1 aliphatic rings. The Balaban J connectivity index is 2.13. The number of nitrogens with zero attached hydrogens (tertiary/aromatic N) is 4. The average Bonchev–Trinajstić information content (AvgIpc) is 2.97. The second-order valence-electron chi connectivity index (χ2n) is 6.08. The van der Waals surface area contributed by atoms with Gasteiger partial charge in [-0.1, -0.05) is 0 Å². The summed E-state index contributed by atoms with van der Waals surface area (Å²) in [6.45, 7) is 2.21. The van der Waals surface area contributed by atoms with Gasteiger partial charge in [-0.05, 0) is 31.9 Å². The van der Waals surface area contributed by atoms with E-state index in [1.54, 1.807) is 17.0 Å². The van der Waals surface area contributed by atoms with Crippen molar-refractivity contribution in [1.29, 1.82) is 0 Å². The molecule has 5 nitrogen and oxygen atoms in total. The Kier molecular flexibility index (Phi) is 4.16. The molecule has 0 spiro atoms. The summed E-state index contributed by atoms with van der Waals surface area (Å²) in [7, 11) is 0. The van der Waals surface area contributed by atoms with E-state index in [0.717, 1.165) is 12.5 Å². The van der Waals surface area contributed by atoms with Crippen molar-refractivity contribution < 1.29 is 18.3 Å². The van der Waals surface area contributed by atoms with E-state index in [2.05, 4.69) is 15.0 Å². The van der Waals surface area contributed by atoms with Gasteiger partial charge >= 0.3 is 6.18 Å². The molecule has 0 radical (unpaired) electrons. The van der Waals surface area contributed by atoms with Gasteiger partial charge in [0.05, 0.1) is 12.1 Å². The first-order valence-electron chi connectivity index (χ1n) is 7.59. The number of rotatable bonds is 3. The van der Waals surface area contributed by atoms with Crippen molar-refractivity contribution in [2.75, 3.05) is 18.1 Å². The largest absolute Gasteiger partial charge is 0.433 e. The van der Waals surface area contributed by atoms with Crippen molar-refractivity contribution in [3.63, 3.8) is 0 Å². The number of hydrogen-bond donors (Lipinski definition) is 1. The Morgan fingerprint density at radius 2 is 1.96 bits per heavy atom. The number of aromatic nitrogens is 3. The van der Waals surface area contributed by atoms with Crippen LogP contribution in [0.3, 0.4) is 0 Å². The number of hydrogen-bond acceptors (Lipinski definition) is 5. The first kappa shape index (κ1) is 16.6. The Bertz CT molecular complexity index is 723. The van der Waals surface area contributed by atoms with Crippen LogP contribution in [-0.4, -0.2) is 38.7 Å². The van der Waals surface area contributed by atoms with Crippen LogP contribution in [0.4, 0.5) is 19.0 Å². The van der Waals surface area contributed by atoms with Crippen molar-refractivity contribution in [1.82, 2.24) is 15.0 Å². The molecule has 0 aromatic carbocycles. The van der Waals surface area contributed by atoms with E-state index in [1.165, 1.54) is 12.4 Å². The molecule has 1 atom stereocenters. The third-order valence-electron chi connectivity index (χ3n) is 4.31. The van der Waals surface area contributed by atoms with Crippen molar-refractivity contribution in [3.8, 4) is 11.4 Å². The van der Waals surface area contributed by atoms with E-state index in [0.29, 0.717) is 18.5 Å². The maximum atomic E-state index is 13.3. The summed E-state index contributed by atoms with van der Waals surface area (Å²) in [5, 5.41) is 9.66. The first-order valence-corrected chi connectivity index (χ1v) is 7.59. The van der Waals surface area contributed by atoms with E-state index in [1.807, 2.05) is 6.92 Å². The van der Waals surface area contributed by atoms with Crippen molar-refractivity contribution in [2.24, 2.45) is 0 Å². The van der Waals surface area contributed by atoms with Crippen molar-refractivity contribution in [2.45, 2.75) is 31.5 Å². The van der Waals surface area contributed by atoms with Gasteiger partial charge in [0, 0.05) is 30.6 Å². The summed E-state index contributed by atoms with van der Waals surface area (Å²) in [5.74, 6) is 0.174. The smallest absolute Gasteiger partial charge is 0.394 e. The molecular formula is C16H17F3N4O. The van der Waals surface area contributed by atoms with E-state index >= 15 is 0 Å². The molecule has 0 saturated carbocycles. The lowest BCUT2D eigenvalue weighted by molar-refractivity contribution is -0.141. The highest BCUT2D eigenvalue weighted by Crippen LogP contribution is 2.36. The minimum atomic E-state index is -4.57. The highest BCUT2D eigenvalue weighted by molar-refractivity contribution is 5.58. The van der Waals surface area contributed by atoms with Gasteiger partial charge in [0.2, 0.25) is 0 Å². The standard InChI is InChI=1S/C16H17F3N4O/c1-15(10-24)5-2-8-23(15)13-9-12(16(17,18)19)21-14(22-13)11-3-6-20-7-4-11/h3-4,6-7,9,24H,2,5,8,10H2,1H3/t15-/m0/s1. The number of halogens is 3. The number of aliphatic hydroxyl groups is 1. The van der Waals surface area contributed by atoms with E-state index in [4.69, 9.17) is 0 Å². The molecule has 0 aliphatic carbocycles. The SMILES string of the molecule is C[C@@]1(CO)CCCN1c1cc(C(F)(F)F)nc(-c2ccncc2)n1. The second-order valence-corrected chi connectivity index (χ2v) is 6.08.